The maximum Gasteiger partial charge on any atom is 0.155 e. The Kier molecular flexibility index (Phi) is 2.89. The molecule has 4 heterocycles. The van der Waals surface area contributed by atoms with Gasteiger partial charge in [0.1, 0.15) is 0 Å². The largest absolute Gasteiger partial charge is 0.264 e. The summed E-state index contributed by atoms with van der Waals surface area (Å²) in [5.41, 5.74) is 5.90. The molecule has 0 unspecified atom stereocenters. The van der Waals surface area contributed by atoms with E-state index in [1.54, 1.807) is 18.6 Å². The molecule has 5 nitrogen and oxygen atoms in total. The van der Waals surface area contributed by atoms with Gasteiger partial charge in [-0.25, -0.2) is 4.98 Å². The summed E-state index contributed by atoms with van der Waals surface area (Å²) in [4.78, 5) is 13.2. The minimum atomic E-state index is 0.762. The molecule has 0 amide bonds. The number of nitrogens with one attached hydrogen (secondary N) is 1. The van der Waals surface area contributed by atoms with Gasteiger partial charge in [-0.2, -0.15) is 5.10 Å². The number of rotatable bonds is 2. The molecular weight excluding hydrogens is 274 g/mol. The van der Waals surface area contributed by atoms with Gasteiger partial charge < -0.3 is 0 Å². The lowest BCUT2D eigenvalue weighted by molar-refractivity contribution is 1.10. The Morgan fingerprint density at radius 3 is 2.68 bits per heavy atom. The van der Waals surface area contributed by atoms with Gasteiger partial charge in [0.05, 0.1) is 11.9 Å². The van der Waals surface area contributed by atoms with Gasteiger partial charge in [0.25, 0.3) is 0 Å². The molecule has 0 saturated heterocycles. The number of aromatic amines is 1. The predicted octanol–water partition coefficient (Wildman–Crippen LogP) is 3.39. The fourth-order valence-electron chi connectivity index (χ4n) is 2.63. The van der Waals surface area contributed by atoms with Crippen molar-refractivity contribution in [1.29, 1.82) is 0 Å². The number of pyridine rings is 3. The van der Waals surface area contributed by atoms with Gasteiger partial charge in [-0.3, -0.25) is 15.1 Å². The Hall–Kier alpha value is -3.08. The second kappa shape index (κ2) is 5.04. The number of hydrogen-bond donors (Lipinski definition) is 1. The van der Waals surface area contributed by atoms with Crippen LogP contribution in [0.25, 0.3) is 33.4 Å². The van der Waals surface area contributed by atoms with Gasteiger partial charge in [-0.1, -0.05) is 6.07 Å². The van der Waals surface area contributed by atoms with Gasteiger partial charge >= 0.3 is 0 Å². The maximum atomic E-state index is 4.46. The lowest BCUT2D eigenvalue weighted by Crippen LogP contribution is -1.93. The van der Waals surface area contributed by atoms with Crippen LogP contribution in [0.15, 0.2) is 55.2 Å². The summed E-state index contributed by atoms with van der Waals surface area (Å²) in [7, 11) is 0. The summed E-state index contributed by atoms with van der Waals surface area (Å²) in [5.74, 6) is 0. The average molecular weight is 287 g/mol. The molecule has 106 valence electrons. The number of aryl methyl sites for hydroxylation is 1. The zero-order chi connectivity index (χ0) is 14.9. The highest BCUT2D eigenvalue weighted by Gasteiger charge is 2.16. The Morgan fingerprint density at radius 2 is 1.86 bits per heavy atom. The molecule has 0 saturated carbocycles. The molecule has 0 spiro atoms. The van der Waals surface area contributed by atoms with Crippen molar-refractivity contribution >= 4 is 11.0 Å². The van der Waals surface area contributed by atoms with Gasteiger partial charge in [-0.05, 0) is 30.7 Å². The first-order valence-corrected chi connectivity index (χ1v) is 6.99. The monoisotopic (exact) mass is 287 g/mol. The molecule has 1 N–H and O–H groups in total. The molecular formula is C17H13N5. The topological polar surface area (TPSA) is 67.3 Å². The van der Waals surface area contributed by atoms with Gasteiger partial charge in [0.2, 0.25) is 0 Å². The fourth-order valence-corrected chi connectivity index (χ4v) is 2.63. The summed E-state index contributed by atoms with van der Waals surface area (Å²) in [5, 5.41) is 8.02. The third-order valence-electron chi connectivity index (χ3n) is 3.73. The van der Waals surface area contributed by atoms with Crippen LogP contribution < -0.4 is 0 Å². The lowest BCUT2D eigenvalue weighted by Gasteiger charge is -2.12. The number of H-pyrrole nitrogens is 1. The van der Waals surface area contributed by atoms with Gasteiger partial charge in [-0.15, -0.1) is 0 Å². The molecule has 5 heteroatoms. The maximum absolute atomic E-state index is 4.46. The van der Waals surface area contributed by atoms with Crippen molar-refractivity contribution in [3.8, 4) is 22.4 Å². The fraction of sp³-hybridized carbons (Fsp3) is 0.0588. The summed E-state index contributed by atoms with van der Waals surface area (Å²) < 4.78 is 0. The van der Waals surface area contributed by atoms with Gasteiger partial charge in [0, 0.05) is 46.9 Å². The van der Waals surface area contributed by atoms with Crippen molar-refractivity contribution in [1.82, 2.24) is 25.1 Å². The van der Waals surface area contributed by atoms with E-state index in [1.165, 1.54) is 0 Å². The van der Waals surface area contributed by atoms with E-state index in [4.69, 9.17) is 0 Å². The van der Waals surface area contributed by atoms with Crippen LogP contribution in [-0.2, 0) is 0 Å². The lowest BCUT2D eigenvalue weighted by atomic mass is 9.95. The molecule has 0 aliphatic rings. The summed E-state index contributed by atoms with van der Waals surface area (Å²) in [6.45, 7) is 2.07. The smallest absolute Gasteiger partial charge is 0.155 e. The number of nitrogens with zero attached hydrogens (tertiary/aromatic N) is 4. The van der Waals surface area contributed by atoms with Gasteiger partial charge in [0.15, 0.2) is 5.65 Å². The summed E-state index contributed by atoms with van der Waals surface area (Å²) in [6.07, 6.45) is 9.10. The molecule has 0 bridgehead atoms. The Labute approximate surface area is 127 Å². The van der Waals surface area contributed by atoms with Crippen molar-refractivity contribution in [3.05, 3.63) is 60.8 Å². The number of aromatic nitrogens is 5. The Balaban J connectivity index is 2.10. The summed E-state index contributed by atoms with van der Waals surface area (Å²) >= 11 is 0. The highest BCUT2D eigenvalue weighted by Crippen LogP contribution is 2.36. The molecule has 0 fully saturated rings. The van der Waals surface area contributed by atoms with Crippen molar-refractivity contribution in [2.75, 3.05) is 0 Å². The molecule has 0 radical (unpaired) electrons. The van der Waals surface area contributed by atoms with Crippen LogP contribution in [0.3, 0.4) is 0 Å². The highest BCUT2D eigenvalue weighted by molar-refractivity contribution is 6.00. The van der Waals surface area contributed by atoms with Crippen LogP contribution in [0.1, 0.15) is 5.56 Å². The standard InChI is InChI=1S/C17H13N5/c1-11-5-7-18-8-12(11)16-13(15-4-2-3-6-19-15)9-20-17-14(16)10-21-22-17/h2-10H,1H3,(H,20,21,22). The van der Waals surface area contributed by atoms with Crippen molar-refractivity contribution in [3.63, 3.8) is 0 Å². The average Bonchev–Trinajstić information content (AvgIpc) is 3.04. The molecule has 22 heavy (non-hydrogen) atoms. The van der Waals surface area contributed by atoms with E-state index in [-0.39, 0.29) is 0 Å². The van der Waals surface area contributed by atoms with E-state index in [9.17, 15) is 0 Å². The number of fused-ring (bicyclic) bond motifs is 1. The Morgan fingerprint density at radius 1 is 0.909 bits per heavy atom. The van der Waals surface area contributed by atoms with Crippen LogP contribution in [0.2, 0.25) is 0 Å². The third kappa shape index (κ3) is 1.95. The zero-order valence-electron chi connectivity index (χ0n) is 12.0. The molecule has 4 aromatic heterocycles. The SMILES string of the molecule is Cc1ccncc1-c1c(-c2ccccn2)cnc2[nH]ncc12. The van der Waals surface area contributed by atoms with E-state index >= 15 is 0 Å². The zero-order valence-corrected chi connectivity index (χ0v) is 12.0. The first-order valence-electron chi connectivity index (χ1n) is 6.99. The molecule has 0 aliphatic carbocycles. The normalized spacial score (nSPS) is 11.0. The van der Waals surface area contributed by atoms with E-state index in [0.717, 1.165) is 39.0 Å². The van der Waals surface area contributed by atoms with E-state index < -0.39 is 0 Å². The minimum Gasteiger partial charge on any atom is -0.264 e. The van der Waals surface area contributed by atoms with Crippen molar-refractivity contribution in [2.45, 2.75) is 6.92 Å². The van der Waals surface area contributed by atoms with Crippen molar-refractivity contribution < 1.29 is 0 Å². The van der Waals surface area contributed by atoms with E-state index in [1.807, 2.05) is 36.7 Å². The second-order valence-corrected chi connectivity index (χ2v) is 5.08. The minimum absolute atomic E-state index is 0.762. The van der Waals surface area contributed by atoms with Crippen LogP contribution >= 0.6 is 0 Å². The highest BCUT2D eigenvalue weighted by atomic mass is 15.1. The van der Waals surface area contributed by atoms with E-state index in [0.29, 0.717) is 0 Å². The molecule has 0 atom stereocenters. The first kappa shape index (κ1) is 12.6. The molecule has 0 aliphatic heterocycles. The van der Waals surface area contributed by atoms with Crippen LogP contribution in [-0.4, -0.2) is 25.1 Å². The van der Waals surface area contributed by atoms with Crippen molar-refractivity contribution in [2.24, 2.45) is 0 Å². The van der Waals surface area contributed by atoms with E-state index in [2.05, 4.69) is 32.1 Å². The quantitative estimate of drug-likeness (QED) is 0.613. The predicted molar refractivity (Wildman–Crippen MR) is 85.1 cm³/mol. The van der Waals surface area contributed by atoms with Crippen LogP contribution in [0, 0.1) is 6.92 Å². The first-order chi connectivity index (χ1) is 10.8. The van der Waals surface area contributed by atoms with Crippen LogP contribution in [0.5, 0.6) is 0 Å². The third-order valence-corrected chi connectivity index (χ3v) is 3.73. The Bertz CT molecular complexity index is 944. The molecule has 4 rings (SSSR count). The second-order valence-electron chi connectivity index (χ2n) is 5.08. The van der Waals surface area contributed by atoms with Crippen LogP contribution in [0.4, 0.5) is 0 Å². The number of hydrogen-bond acceptors (Lipinski definition) is 4. The molecule has 4 aromatic rings. The summed E-state index contributed by atoms with van der Waals surface area (Å²) in [6, 6.07) is 7.87. The molecule has 0 aromatic carbocycles.